The molecule has 5 nitrogen and oxygen atoms in total. The Kier molecular flexibility index (Phi) is 5.24. The Hall–Kier alpha value is -2.95. The van der Waals surface area contributed by atoms with E-state index in [1.54, 1.807) is 31.4 Å². The number of ketones is 2. The first-order chi connectivity index (χ1) is 13.7. The van der Waals surface area contributed by atoms with Crippen molar-refractivity contribution < 1.29 is 14.3 Å². The van der Waals surface area contributed by atoms with Crippen molar-refractivity contribution in [2.45, 2.75) is 44.2 Å². The number of rotatable bonds is 4. The van der Waals surface area contributed by atoms with Crippen LogP contribution in [-0.4, -0.2) is 36.5 Å². The normalized spacial score (nSPS) is 21.5. The third-order valence-corrected chi connectivity index (χ3v) is 5.50. The maximum Gasteiger partial charge on any atom is 0.210 e. The minimum absolute atomic E-state index is 0.111. The molecule has 5 heteroatoms. The molecule has 0 radical (unpaired) electrons. The first-order valence-electron chi connectivity index (χ1n) is 9.83. The monoisotopic (exact) mass is 376 g/mol. The number of Topliss-reactive ketones (excluding diaryl/α,β-unsaturated/α-hetero) is 2. The van der Waals surface area contributed by atoms with Gasteiger partial charge in [0.2, 0.25) is 5.78 Å². The molecule has 0 heterocycles. The van der Waals surface area contributed by atoms with Gasteiger partial charge in [0.25, 0.3) is 0 Å². The van der Waals surface area contributed by atoms with Crippen LogP contribution in [0.4, 0.5) is 5.69 Å². The Morgan fingerprint density at radius 1 is 0.929 bits per heavy atom. The van der Waals surface area contributed by atoms with E-state index in [1.807, 2.05) is 24.3 Å². The number of nitrogens with zero attached hydrogens (tertiary/aromatic N) is 1. The number of hydrogen-bond donors (Lipinski definition) is 1. The molecule has 0 amide bonds. The summed E-state index contributed by atoms with van der Waals surface area (Å²) < 4.78 is 5.19. The topological polar surface area (TPSA) is 67.8 Å². The average molecular weight is 376 g/mol. The minimum atomic E-state index is -0.766. The van der Waals surface area contributed by atoms with Crippen LogP contribution in [0.3, 0.4) is 0 Å². The zero-order chi connectivity index (χ0) is 19.5. The second-order valence-corrected chi connectivity index (χ2v) is 7.35. The average Bonchev–Trinajstić information content (AvgIpc) is 2.75. The van der Waals surface area contributed by atoms with Gasteiger partial charge in [0.1, 0.15) is 17.5 Å². The summed E-state index contributed by atoms with van der Waals surface area (Å²) in [7, 11) is 1.61. The van der Waals surface area contributed by atoms with Crippen molar-refractivity contribution in [2.24, 2.45) is 4.99 Å². The molecule has 0 spiro atoms. The molecule has 2 aromatic carbocycles. The molecule has 0 aliphatic heterocycles. The van der Waals surface area contributed by atoms with Crippen LogP contribution in [0.25, 0.3) is 0 Å². The van der Waals surface area contributed by atoms with Crippen LogP contribution in [0.15, 0.2) is 53.5 Å². The van der Waals surface area contributed by atoms with Crippen molar-refractivity contribution in [3.63, 3.8) is 0 Å². The highest BCUT2D eigenvalue weighted by Gasteiger charge is 2.38. The van der Waals surface area contributed by atoms with E-state index in [2.05, 4.69) is 5.32 Å². The number of benzene rings is 2. The van der Waals surface area contributed by atoms with E-state index < -0.39 is 6.04 Å². The van der Waals surface area contributed by atoms with E-state index >= 15 is 0 Å². The number of carbonyl (C=O) groups excluding carboxylic acids is 2. The van der Waals surface area contributed by atoms with Crippen LogP contribution in [0.1, 0.15) is 52.8 Å². The Labute approximate surface area is 164 Å². The fourth-order valence-corrected chi connectivity index (χ4v) is 3.97. The summed E-state index contributed by atoms with van der Waals surface area (Å²) in [5.74, 6) is 0.477. The van der Waals surface area contributed by atoms with Gasteiger partial charge in [0.15, 0.2) is 5.78 Å². The highest BCUT2D eigenvalue weighted by molar-refractivity contribution is 6.56. The summed E-state index contributed by atoms with van der Waals surface area (Å²) in [5, 5.41) is 3.24. The lowest BCUT2D eigenvalue weighted by atomic mass is 9.84. The smallest absolute Gasteiger partial charge is 0.210 e. The molecule has 1 saturated carbocycles. The lowest BCUT2D eigenvalue weighted by Crippen LogP contribution is -2.47. The summed E-state index contributed by atoms with van der Waals surface area (Å²) in [4.78, 5) is 31.2. The molecule has 2 aliphatic carbocycles. The molecule has 144 valence electrons. The quantitative estimate of drug-likeness (QED) is 0.862. The first kappa shape index (κ1) is 18.4. The summed E-state index contributed by atoms with van der Waals surface area (Å²) in [6.07, 6.45) is 5.40. The van der Waals surface area contributed by atoms with Gasteiger partial charge in [0, 0.05) is 16.8 Å². The summed E-state index contributed by atoms with van der Waals surface area (Å²) in [6.45, 7) is 0. The zero-order valence-electron chi connectivity index (χ0n) is 16.0. The lowest BCUT2D eigenvalue weighted by Gasteiger charge is -2.28. The molecular formula is C23H24N2O3. The van der Waals surface area contributed by atoms with Crippen molar-refractivity contribution in [3.8, 4) is 5.75 Å². The number of methoxy groups -OCH3 is 1. The number of carbonyl (C=O) groups is 2. The van der Waals surface area contributed by atoms with Gasteiger partial charge in [-0.25, -0.2) is 0 Å². The molecule has 1 atom stereocenters. The predicted molar refractivity (Wildman–Crippen MR) is 110 cm³/mol. The third kappa shape index (κ3) is 3.57. The zero-order valence-corrected chi connectivity index (χ0v) is 16.0. The number of fused-ring (bicyclic) bond motifs is 1. The molecule has 0 aromatic heterocycles. The molecule has 2 aliphatic rings. The van der Waals surface area contributed by atoms with Crippen molar-refractivity contribution in [1.82, 2.24) is 0 Å². The lowest BCUT2D eigenvalue weighted by molar-refractivity contribution is 0.0954. The molecule has 4 rings (SSSR count). The van der Waals surface area contributed by atoms with Gasteiger partial charge >= 0.3 is 0 Å². The van der Waals surface area contributed by atoms with Gasteiger partial charge in [-0.1, -0.05) is 43.5 Å². The van der Waals surface area contributed by atoms with Crippen molar-refractivity contribution in [2.75, 3.05) is 12.4 Å². The first-order valence-corrected chi connectivity index (χ1v) is 9.83. The summed E-state index contributed by atoms with van der Waals surface area (Å²) in [5.41, 5.74) is 2.00. The second-order valence-electron chi connectivity index (χ2n) is 7.35. The van der Waals surface area contributed by atoms with E-state index in [0.29, 0.717) is 16.8 Å². The van der Waals surface area contributed by atoms with Crippen LogP contribution in [0.2, 0.25) is 0 Å². The van der Waals surface area contributed by atoms with Crippen LogP contribution in [0, 0.1) is 0 Å². The van der Waals surface area contributed by atoms with Gasteiger partial charge in [-0.05, 0) is 37.1 Å². The Balaban J connectivity index is 1.71. The molecular weight excluding hydrogens is 352 g/mol. The van der Waals surface area contributed by atoms with Gasteiger partial charge in [-0.15, -0.1) is 0 Å². The van der Waals surface area contributed by atoms with E-state index in [0.717, 1.165) is 37.1 Å². The fraction of sp³-hybridized carbons (Fsp3) is 0.348. The maximum absolute atomic E-state index is 13.2. The van der Waals surface area contributed by atoms with Gasteiger partial charge in [0.05, 0.1) is 13.2 Å². The van der Waals surface area contributed by atoms with Gasteiger partial charge in [-0.3, -0.25) is 14.6 Å². The van der Waals surface area contributed by atoms with Crippen molar-refractivity contribution in [3.05, 3.63) is 59.7 Å². The van der Waals surface area contributed by atoms with Crippen LogP contribution < -0.4 is 10.1 Å². The van der Waals surface area contributed by atoms with Crippen LogP contribution in [-0.2, 0) is 0 Å². The standard InChI is InChI=1S/C23H24N2O3/c1-28-17-13-11-16(12-14-17)25-21-20(24-15-7-3-2-4-8-15)22(26)18-9-5-6-10-19(18)23(21)27/h5-6,9-15,21,25H,2-4,7-8H2,1H3/t21-/m0/s1. The Morgan fingerprint density at radius 3 is 2.29 bits per heavy atom. The molecule has 0 unspecified atom stereocenters. The number of aliphatic imine (C=N–C) groups is 1. The molecule has 0 saturated heterocycles. The van der Waals surface area contributed by atoms with Crippen LogP contribution in [0.5, 0.6) is 5.75 Å². The summed E-state index contributed by atoms with van der Waals surface area (Å²) >= 11 is 0. The largest absolute Gasteiger partial charge is 0.497 e. The van der Waals surface area contributed by atoms with Crippen molar-refractivity contribution >= 4 is 23.0 Å². The predicted octanol–water partition coefficient (Wildman–Crippen LogP) is 4.33. The van der Waals surface area contributed by atoms with Gasteiger partial charge in [-0.2, -0.15) is 0 Å². The van der Waals surface area contributed by atoms with E-state index in [9.17, 15) is 9.59 Å². The highest BCUT2D eigenvalue weighted by Crippen LogP contribution is 2.27. The number of ether oxygens (including phenoxy) is 1. The van der Waals surface area contributed by atoms with E-state index in [1.165, 1.54) is 6.42 Å². The Morgan fingerprint density at radius 2 is 1.61 bits per heavy atom. The molecule has 1 N–H and O–H groups in total. The minimum Gasteiger partial charge on any atom is -0.497 e. The fourth-order valence-electron chi connectivity index (χ4n) is 3.97. The second kappa shape index (κ2) is 7.97. The van der Waals surface area contributed by atoms with E-state index in [4.69, 9.17) is 9.73 Å². The van der Waals surface area contributed by atoms with E-state index in [-0.39, 0.29) is 17.6 Å². The molecule has 0 bridgehead atoms. The number of anilines is 1. The number of nitrogens with one attached hydrogen (secondary N) is 1. The maximum atomic E-state index is 13.2. The molecule has 1 fully saturated rings. The highest BCUT2D eigenvalue weighted by atomic mass is 16.5. The van der Waals surface area contributed by atoms with Crippen LogP contribution >= 0.6 is 0 Å². The molecule has 2 aromatic rings. The van der Waals surface area contributed by atoms with Crippen molar-refractivity contribution in [1.29, 1.82) is 0 Å². The SMILES string of the molecule is COc1ccc(N[C@@H]2C(=O)c3ccccc3C(=O)C2=NC2CCCCC2)cc1. The number of hydrogen-bond acceptors (Lipinski definition) is 5. The third-order valence-electron chi connectivity index (χ3n) is 5.50. The Bertz CT molecular complexity index is 912. The molecule has 28 heavy (non-hydrogen) atoms. The van der Waals surface area contributed by atoms with Gasteiger partial charge < -0.3 is 10.1 Å². The summed E-state index contributed by atoms with van der Waals surface area (Å²) in [6, 6.07) is 13.7.